The third-order valence-electron chi connectivity index (χ3n) is 3.99. The molecule has 0 fully saturated rings. The molecule has 7 nitrogen and oxygen atoms in total. The first-order chi connectivity index (χ1) is 13.9. The summed E-state index contributed by atoms with van der Waals surface area (Å²) in [6.45, 7) is 4.00. The average Bonchev–Trinajstić information content (AvgIpc) is 3.17. The van der Waals surface area contributed by atoms with Crippen LogP contribution in [0.25, 0.3) is 10.2 Å². The lowest BCUT2D eigenvalue weighted by Gasteiger charge is -2.12. The molecule has 0 radical (unpaired) electrons. The van der Waals surface area contributed by atoms with E-state index in [-0.39, 0.29) is 23.1 Å². The first-order valence-corrected chi connectivity index (χ1v) is 10.6. The Bertz CT molecular complexity index is 1130. The maximum Gasteiger partial charge on any atom is 0.263 e. The van der Waals surface area contributed by atoms with Crippen molar-refractivity contribution in [3.05, 3.63) is 64.3 Å². The largest absolute Gasteiger partial charge is 0.345 e. The quantitative estimate of drug-likeness (QED) is 0.355. The molecule has 0 aliphatic carbocycles. The van der Waals surface area contributed by atoms with Gasteiger partial charge in [0.2, 0.25) is 5.91 Å². The summed E-state index contributed by atoms with van der Waals surface area (Å²) in [7, 11) is 3.34. The Morgan fingerprint density at radius 3 is 2.86 bits per heavy atom. The van der Waals surface area contributed by atoms with Crippen LogP contribution in [0, 0.1) is 0 Å². The minimum atomic E-state index is -0.255. The number of hydrogen-bond acceptors (Lipinski definition) is 6. The zero-order valence-electron chi connectivity index (χ0n) is 16.0. The van der Waals surface area contributed by atoms with Crippen molar-refractivity contribution in [2.75, 3.05) is 25.2 Å². The number of nitrogens with one attached hydrogen (secondary N) is 1. The van der Waals surface area contributed by atoms with E-state index >= 15 is 0 Å². The van der Waals surface area contributed by atoms with Gasteiger partial charge in [0.05, 0.1) is 11.1 Å². The van der Waals surface area contributed by atoms with Crippen LogP contribution in [0.2, 0.25) is 0 Å². The first-order valence-electron chi connectivity index (χ1n) is 8.74. The van der Waals surface area contributed by atoms with Crippen molar-refractivity contribution in [3.63, 3.8) is 0 Å². The van der Waals surface area contributed by atoms with Gasteiger partial charge < -0.3 is 10.2 Å². The molecule has 0 unspecified atom stereocenters. The monoisotopic (exact) mass is 428 g/mol. The normalized spacial score (nSPS) is 10.7. The van der Waals surface area contributed by atoms with E-state index in [0.29, 0.717) is 33.2 Å². The Kier molecular flexibility index (Phi) is 6.50. The van der Waals surface area contributed by atoms with Crippen molar-refractivity contribution >= 4 is 50.8 Å². The van der Waals surface area contributed by atoms with Gasteiger partial charge in [-0.15, -0.1) is 17.9 Å². The molecule has 0 bridgehead atoms. The molecular weight excluding hydrogens is 408 g/mol. The van der Waals surface area contributed by atoms with E-state index < -0.39 is 0 Å². The number of hydrogen-bond donors (Lipinski definition) is 1. The molecule has 2 amide bonds. The third-order valence-corrected chi connectivity index (χ3v) is 5.77. The number of allylic oxidation sites excluding steroid dienone is 1. The van der Waals surface area contributed by atoms with Gasteiger partial charge in [-0.25, -0.2) is 4.98 Å². The molecule has 9 heteroatoms. The van der Waals surface area contributed by atoms with Gasteiger partial charge in [0.15, 0.2) is 5.16 Å². The molecule has 1 aromatic carbocycles. The molecule has 3 aromatic rings. The molecule has 3 rings (SSSR count). The van der Waals surface area contributed by atoms with E-state index in [9.17, 15) is 14.4 Å². The molecule has 0 spiro atoms. The van der Waals surface area contributed by atoms with Gasteiger partial charge in [-0.2, -0.15) is 0 Å². The molecule has 1 N–H and O–H groups in total. The molecule has 0 aliphatic heterocycles. The van der Waals surface area contributed by atoms with Crippen LogP contribution in [-0.4, -0.2) is 46.1 Å². The van der Waals surface area contributed by atoms with Crippen LogP contribution in [0.4, 0.5) is 5.69 Å². The summed E-state index contributed by atoms with van der Waals surface area (Å²) in [6.07, 6.45) is 1.62. The summed E-state index contributed by atoms with van der Waals surface area (Å²) in [5.41, 5.74) is 0.882. The number of carbonyl (C=O) groups excluding carboxylic acids is 2. The number of amides is 2. The number of nitrogens with zero attached hydrogens (tertiary/aromatic N) is 3. The van der Waals surface area contributed by atoms with Crippen LogP contribution < -0.4 is 10.9 Å². The Balaban J connectivity index is 1.74. The fourth-order valence-corrected chi connectivity index (χ4v) is 4.26. The molecule has 0 aliphatic rings. The Morgan fingerprint density at radius 2 is 2.14 bits per heavy atom. The lowest BCUT2D eigenvalue weighted by Crippen LogP contribution is -2.23. The second-order valence-corrected chi connectivity index (χ2v) is 8.19. The van der Waals surface area contributed by atoms with Crippen LogP contribution in [-0.2, 0) is 11.3 Å². The number of thiophene rings is 1. The highest BCUT2D eigenvalue weighted by Gasteiger charge is 2.14. The summed E-state index contributed by atoms with van der Waals surface area (Å²) in [6, 6.07) is 8.51. The van der Waals surface area contributed by atoms with E-state index in [0.717, 1.165) is 0 Å². The molecule has 29 heavy (non-hydrogen) atoms. The third kappa shape index (κ3) is 4.75. The van der Waals surface area contributed by atoms with Gasteiger partial charge in [-0.05, 0) is 29.6 Å². The Morgan fingerprint density at radius 1 is 1.34 bits per heavy atom. The fraction of sp³-hybridized carbons (Fsp3) is 0.200. The van der Waals surface area contributed by atoms with Crippen LogP contribution in [0.1, 0.15) is 10.4 Å². The van der Waals surface area contributed by atoms with Gasteiger partial charge in [0, 0.05) is 31.9 Å². The van der Waals surface area contributed by atoms with E-state index in [1.807, 2.05) is 5.38 Å². The van der Waals surface area contributed by atoms with E-state index in [1.165, 1.54) is 32.6 Å². The predicted molar refractivity (Wildman–Crippen MR) is 118 cm³/mol. The summed E-state index contributed by atoms with van der Waals surface area (Å²) in [5.74, 6) is -0.320. The maximum atomic E-state index is 12.6. The summed E-state index contributed by atoms with van der Waals surface area (Å²) in [5, 5.41) is 5.63. The van der Waals surface area contributed by atoms with Crippen molar-refractivity contribution in [2.24, 2.45) is 0 Å². The van der Waals surface area contributed by atoms with E-state index in [1.54, 1.807) is 50.5 Å². The fourth-order valence-electron chi connectivity index (χ4n) is 2.65. The highest BCUT2D eigenvalue weighted by atomic mass is 32.2. The summed E-state index contributed by atoms with van der Waals surface area (Å²) >= 11 is 2.57. The number of thioether (sulfide) groups is 1. The molecule has 2 aromatic heterocycles. The zero-order valence-corrected chi connectivity index (χ0v) is 17.7. The zero-order chi connectivity index (χ0) is 21.0. The van der Waals surface area contributed by atoms with Crippen LogP contribution in [0.15, 0.2) is 58.3 Å². The Labute approximate surface area is 176 Å². The number of aromatic nitrogens is 2. The second-order valence-electron chi connectivity index (χ2n) is 6.36. The van der Waals surface area contributed by atoms with E-state index in [2.05, 4.69) is 16.9 Å². The molecule has 0 saturated carbocycles. The molecule has 2 heterocycles. The van der Waals surface area contributed by atoms with Crippen molar-refractivity contribution in [2.45, 2.75) is 11.7 Å². The number of benzene rings is 1. The molecule has 0 saturated heterocycles. The molecular formula is C20H20N4O3S2. The predicted octanol–water partition coefficient (Wildman–Crippen LogP) is 3.08. The first kappa shape index (κ1) is 20.8. The molecule has 150 valence electrons. The summed E-state index contributed by atoms with van der Waals surface area (Å²) < 4.78 is 1.51. The smallest absolute Gasteiger partial charge is 0.263 e. The lowest BCUT2D eigenvalue weighted by atomic mass is 10.2. The van der Waals surface area contributed by atoms with Crippen LogP contribution >= 0.6 is 23.1 Å². The lowest BCUT2D eigenvalue weighted by molar-refractivity contribution is -0.113. The number of fused-ring (bicyclic) bond motifs is 1. The van der Waals surface area contributed by atoms with Crippen LogP contribution in [0.3, 0.4) is 0 Å². The number of carbonyl (C=O) groups is 2. The topological polar surface area (TPSA) is 84.3 Å². The highest BCUT2D eigenvalue weighted by molar-refractivity contribution is 7.99. The van der Waals surface area contributed by atoms with Gasteiger partial charge in [0.25, 0.3) is 11.5 Å². The highest BCUT2D eigenvalue weighted by Crippen LogP contribution is 2.21. The minimum absolute atomic E-state index is 0.0757. The van der Waals surface area contributed by atoms with Gasteiger partial charge in [0.1, 0.15) is 4.83 Å². The second kappa shape index (κ2) is 9.06. The van der Waals surface area contributed by atoms with Gasteiger partial charge in [-0.3, -0.25) is 19.0 Å². The maximum absolute atomic E-state index is 12.6. The minimum Gasteiger partial charge on any atom is -0.345 e. The van der Waals surface area contributed by atoms with Crippen molar-refractivity contribution < 1.29 is 9.59 Å². The number of anilines is 1. The van der Waals surface area contributed by atoms with Crippen molar-refractivity contribution in [1.82, 2.24) is 14.5 Å². The van der Waals surface area contributed by atoms with Gasteiger partial charge >= 0.3 is 0 Å². The van der Waals surface area contributed by atoms with Crippen molar-refractivity contribution in [1.29, 1.82) is 0 Å². The SMILES string of the molecule is C=CCn1c(SCC(=O)Nc2cccc(C(=O)N(C)C)c2)nc2sccc2c1=O. The summed E-state index contributed by atoms with van der Waals surface area (Å²) in [4.78, 5) is 43.7. The van der Waals surface area contributed by atoms with Crippen LogP contribution in [0.5, 0.6) is 0 Å². The standard InChI is InChI=1S/C20H20N4O3S2/c1-4-9-24-19(27)15-8-10-28-17(15)22-20(24)29-12-16(25)21-14-7-5-6-13(11-14)18(26)23(2)3/h4-8,10-11H,1,9,12H2,2-3H3,(H,21,25). The van der Waals surface area contributed by atoms with Gasteiger partial charge in [-0.1, -0.05) is 23.9 Å². The van der Waals surface area contributed by atoms with Crippen molar-refractivity contribution in [3.8, 4) is 0 Å². The number of rotatable bonds is 7. The Hall–Kier alpha value is -2.91. The molecule has 0 atom stereocenters. The average molecular weight is 429 g/mol. The van der Waals surface area contributed by atoms with E-state index in [4.69, 9.17) is 0 Å².